The number of carbonyl (C=O) groups excluding carboxylic acids is 1. The lowest BCUT2D eigenvalue weighted by Gasteiger charge is -2.35. The van der Waals surface area contributed by atoms with E-state index in [0.717, 1.165) is 23.4 Å². The van der Waals surface area contributed by atoms with Gasteiger partial charge in [-0.3, -0.25) is 4.79 Å². The molecule has 0 aromatic heterocycles. The summed E-state index contributed by atoms with van der Waals surface area (Å²) < 4.78 is 0. The van der Waals surface area contributed by atoms with Gasteiger partial charge in [0.15, 0.2) is 0 Å². The van der Waals surface area contributed by atoms with Gasteiger partial charge in [-0.15, -0.1) is 0 Å². The number of benzene rings is 1. The molecule has 0 bridgehead atoms. The second-order valence-corrected chi connectivity index (χ2v) is 7.33. The van der Waals surface area contributed by atoms with E-state index in [0.29, 0.717) is 12.2 Å². The average molecular weight is 330 g/mol. The van der Waals surface area contributed by atoms with Crippen LogP contribution in [-0.4, -0.2) is 5.78 Å². The highest BCUT2D eigenvalue weighted by Crippen LogP contribution is 2.44. The van der Waals surface area contributed by atoms with E-state index in [4.69, 9.17) is 11.6 Å². The second-order valence-electron chi connectivity index (χ2n) is 5.91. The molecule has 18 heavy (non-hydrogen) atoms. The van der Waals surface area contributed by atoms with Crippen molar-refractivity contribution in [3.05, 3.63) is 34.9 Å². The van der Waals surface area contributed by atoms with Crippen molar-refractivity contribution in [2.24, 2.45) is 11.3 Å². The van der Waals surface area contributed by atoms with Gasteiger partial charge in [-0.1, -0.05) is 53.5 Å². The molecule has 1 aliphatic rings. The van der Waals surface area contributed by atoms with Gasteiger partial charge in [0.2, 0.25) is 0 Å². The first-order valence-electron chi connectivity index (χ1n) is 6.31. The number of rotatable bonds is 2. The lowest BCUT2D eigenvalue weighted by molar-refractivity contribution is -0.127. The molecule has 2 atom stereocenters. The van der Waals surface area contributed by atoms with E-state index in [1.165, 1.54) is 0 Å². The van der Waals surface area contributed by atoms with Crippen LogP contribution >= 0.6 is 27.5 Å². The summed E-state index contributed by atoms with van der Waals surface area (Å²) in [5, 5.41) is 0.731. The topological polar surface area (TPSA) is 17.1 Å². The molecule has 1 aromatic rings. The maximum atomic E-state index is 12.2. The summed E-state index contributed by atoms with van der Waals surface area (Å²) in [6, 6.07) is 7.74. The Morgan fingerprint density at radius 3 is 2.50 bits per heavy atom. The minimum absolute atomic E-state index is 0.0965. The van der Waals surface area contributed by atoms with Gasteiger partial charge in [-0.05, 0) is 36.0 Å². The molecule has 0 heterocycles. The fourth-order valence-corrected chi connectivity index (χ4v) is 3.58. The van der Waals surface area contributed by atoms with E-state index in [2.05, 4.69) is 29.8 Å². The summed E-state index contributed by atoms with van der Waals surface area (Å²) in [6.45, 7) is 4.35. The molecule has 1 fully saturated rings. The number of alkyl halides is 1. The first-order chi connectivity index (χ1) is 8.39. The van der Waals surface area contributed by atoms with Crippen molar-refractivity contribution in [1.29, 1.82) is 0 Å². The molecule has 2 rings (SSSR count). The third-order valence-corrected chi connectivity index (χ3v) is 5.16. The first kappa shape index (κ1) is 14.1. The zero-order valence-electron chi connectivity index (χ0n) is 10.7. The SMILES string of the molecule is CC1(C)CCC(C(Br)c2ccc(Cl)cc2)C(=O)C1. The zero-order chi connectivity index (χ0) is 13.3. The molecule has 0 spiro atoms. The van der Waals surface area contributed by atoms with Crippen LogP contribution in [0.3, 0.4) is 0 Å². The Bertz CT molecular complexity index is 438. The number of hydrogen-bond donors (Lipinski definition) is 0. The molecule has 0 N–H and O–H groups in total. The first-order valence-corrected chi connectivity index (χ1v) is 7.61. The van der Waals surface area contributed by atoms with Gasteiger partial charge in [0.1, 0.15) is 5.78 Å². The number of hydrogen-bond acceptors (Lipinski definition) is 1. The summed E-state index contributed by atoms with van der Waals surface area (Å²) >= 11 is 9.57. The summed E-state index contributed by atoms with van der Waals surface area (Å²) in [4.78, 5) is 12.3. The van der Waals surface area contributed by atoms with Crippen LogP contribution < -0.4 is 0 Å². The fourth-order valence-electron chi connectivity index (χ4n) is 2.59. The lowest BCUT2D eigenvalue weighted by atomic mass is 9.71. The quantitative estimate of drug-likeness (QED) is 0.684. The Balaban J connectivity index is 2.12. The molecule has 98 valence electrons. The largest absolute Gasteiger partial charge is 0.299 e. The molecule has 1 aliphatic carbocycles. The molecule has 2 unspecified atom stereocenters. The highest BCUT2D eigenvalue weighted by atomic mass is 79.9. The Hall–Kier alpha value is -0.340. The van der Waals surface area contributed by atoms with Crippen molar-refractivity contribution in [1.82, 2.24) is 0 Å². The lowest BCUT2D eigenvalue weighted by Crippen LogP contribution is -2.32. The van der Waals surface area contributed by atoms with E-state index in [-0.39, 0.29) is 16.2 Å². The molecule has 1 aromatic carbocycles. The minimum Gasteiger partial charge on any atom is -0.299 e. The van der Waals surface area contributed by atoms with Crippen molar-refractivity contribution >= 4 is 33.3 Å². The Morgan fingerprint density at radius 2 is 1.94 bits per heavy atom. The zero-order valence-corrected chi connectivity index (χ0v) is 13.1. The monoisotopic (exact) mass is 328 g/mol. The van der Waals surface area contributed by atoms with Gasteiger partial charge in [0.25, 0.3) is 0 Å². The Morgan fingerprint density at radius 1 is 1.33 bits per heavy atom. The molecule has 0 saturated heterocycles. The summed E-state index contributed by atoms with van der Waals surface area (Å²) in [5.74, 6) is 0.474. The van der Waals surface area contributed by atoms with Crippen LogP contribution in [0.5, 0.6) is 0 Å². The van der Waals surface area contributed by atoms with E-state index in [1.54, 1.807) is 0 Å². The van der Waals surface area contributed by atoms with Gasteiger partial charge in [0, 0.05) is 22.2 Å². The van der Waals surface area contributed by atoms with E-state index in [9.17, 15) is 4.79 Å². The molecular formula is C15H18BrClO. The number of Topliss-reactive ketones (excluding diaryl/α,β-unsaturated/α-hetero) is 1. The molecule has 0 amide bonds. The molecule has 3 heteroatoms. The molecule has 0 radical (unpaired) electrons. The predicted octanol–water partition coefficient (Wildman–Crippen LogP) is 5.17. The van der Waals surface area contributed by atoms with Gasteiger partial charge in [0.05, 0.1) is 0 Å². The summed E-state index contributed by atoms with van der Waals surface area (Å²) in [7, 11) is 0. The van der Waals surface area contributed by atoms with E-state index in [1.807, 2.05) is 24.3 Å². The third kappa shape index (κ3) is 3.16. The molecule has 1 nitrogen and oxygen atoms in total. The average Bonchev–Trinajstić information content (AvgIpc) is 2.28. The maximum Gasteiger partial charge on any atom is 0.137 e. The standard InChI is InChI=1S/C15H18BrClO/c1-15(2)8-7-12(13(18)9-15)14(16)10-3-5-11(17)6-4-10/h3-6,12,14H,7-9H2,1-2H3. The number of carbonyl (C=O) groups is 1. The molecule has 0 aliphatic heterocycles. The van der Waals surface area contributed by atoms with Crippen molar-refractivity contribution in [2.45, 2.75) is 37.9 Å². The molecular weight excluding hydrogens is 312 g/mol. The predicted molar refractivity (Wildman–Crippen MR) is 79.2 cm³/mol. The fraction of sp³-hybridized carbons (Fsp3) is 0.533. The Labute approximate surface area is 122 Å². The second kappa shape index (κ2) is 5.34. The van der Waals surface area contributed by atoms with Gasteiger partial charge in [-0.25, -0.2) is 0 Å². The highest BCUT2D eigenvalue weighted by molar-refractivity contribution is 9.09. The third-order valence-electron chi connectivity index (χ3n) is 3.74. The van der Waals surface area contributed by atoms with Crippen LogP contribution in [0, 0.1) is 11.3 Å². The van der Waals surface area contributed by atoms with Crippen LogP contribution in [0.4, 0.5) is 0 Å². The van der Waals surface area contributed by atoms with Crippen molar-refractivity contribution < 1.29 is 4.79 Å². The summed E-state index contributed by atoms with van der Waals surface area (Å²) in [6.07, 6.45) is 2.76. The van der Waals surface area contributed by atoms with Crippen LogP contribution in [0.25, 0.3) is 0 Å². The van der Waals surface area contributed by atoms with E-state index < -0.39 is 0 Å². The van der Waals surface area contributed by atoms with Crippen LogP contribution in [0.2, 0.25) is 5.02 Å². The normalized spacial score (nSPS) is 24.9. The van der Waals surface area contributed by atoms with Crippen molar-refractivity contribution in [3.8, 4) is 0 Å². The maximum absolute atomic E-state index is 12.2. The Kier molecular flexibility index (Phi) is 4.18. The number of ketones is 1. The summed E-state index contributed by atoms with van der Waals surface area (Å²) in [5.41, 5.74) is 1.30. The van der Waals surface area contributed by atoms with Crippen molar-refractivity contribution in [3.63, 3.8) is 0 Å². The molecule has 1 saturated carbocycles. The van der Waals surface area contributed by atoms with Crippen LogP contribution in [0.1, 0.15) is 43.5 Å². The van der Waals surface area contributed by atoms with Gasteiger partial charge in [-0.2, -0.15) is 0 Å². The highest BCUT2D eigenvalue weighted by Gasteiger charge is 2.37. The smallest absolute Gasteiger partial charge is 0.137 e. The van der Waals surface area contributed by atoms with Crippen molar-refractivity contribution in [2.75, 3.05) is 0 Å². The van der Waals surface area contributed by atoms with Gasteiger partial charge >= 0.3 is 0 Å². The van der Waals surface area contributed by atoms with Gasteiger partial charge < -0.3 is 0 Å². The van der Waals surface area contributed by atoms with Crippen LogP contribution in [0.15, 0.2) is 24.3 Å². The number of halogens is 2. The minimum atomic E-state index is 0.0965. The van der Waals surface area contributed by atoms with Crippen LogP contribution in [-0.2, 0) is 4.79 Å². The van der Waals surface area contributed by atoms with E-state index >= 15 is 0 Å².